The Kier molecular flexibility index (Phi) is 6.17. The van der Waals surface area contributed by atoms with Crippen LogP contribution in [0.3, 0.4) is 0 Å². The molecule has 3 N–H and O–H groups in total. The lowest BCUT2D eigenvalue weighted by Crippen LogP contribution is -2.29. The molecule has 0 aliphatic carbocycles. The van der Waals surface area contributed by atoms with Crippen molar-refractivity contribution in [2.75, 3.05) is 18.4 Å². The van der Waals surface area contributed by atoms with Gasteiger partial charge in [-0.15, -0.1) is 22.7 Å². The summed E-state index contributed by atoms with van der Waals surface area (Å²) in [6.45, 7) is 3.53. The van der Waals surface area contributed by atoms with Gasteiger partial charge in [-0.1, -0.05) is 6.07 Å². The van der Waals surface area contributed by atoms with E-state index in [0.29, 0.717) is 11.0 Å². The Balaban J connectivity index is 1.59. The van der Waals surface area contributed by atoms with E-state index in [1.165, 1.54) is 23.1 Å². The second-order valence-electron chi connectivity index (χ2n) is 6.11. The molecule has 2 aromatic heterocycles. The van der Waals surface area contributed by atoms with Crippen LogP contribution in [-0.4, -0.2) is 29.9 Å². The first-order valence-corrected chi connectivity index (χ1v) is 10.1. The minimum Gasteiger partial charge on any atom is -0.348 e. The summed E-state index contributed by atoms with van der Waals surface area (Å²) in [4.78, 5) is 30.3. The number of amides is 2. The lowest BCUT2D eigenvalue weighted by atomic mass is 9.97. The molecule has 2 aromatic rings. The van der Waals surface area contributed by atoms with Gasteiger partial charge in [-0.3, -0.25) is 9.59 Å². The average Bonchev–Trinajstić information content (AvgIpc) is 3.26. The van der Waals surface area contributed by atoms with Crippen LogP contribution in [0.15, 0.2) is 23.7 Å². The molecule has 3 heterocycles. The number of nitrogens with zero attached hydrogens (tertiary/aromatic N) is 1. The van der Waals surface area contributed by atoms with Crippen LogP contribution in [0.5, 0.6) is 0 Å². The number of carbonyl (C=O) groups is 2. The number of hydrogen-bond acceptors (Lipinski definition) is 6. The highest BCUT2D eigenvalue weighted by molar-refractivity contribution is 7.15. The van der Waals surface area contributed by atoms with Crippen LogP contribution in [0.25, 0.3) is 0 Å². The molecule has 6 nitrogen and oxygen atoms in total. The van der Waals surface area contributed by atoms with Crippen LogP contribution >= 0.6 is 22.7 Å². The normalized spacial score (nSPS) is 16.4. The average molecular weight is 379 g/mol. The summed E-state index contributed by atoms with van der Waals surface area (Å²) in [7, 11) is 0. The number of rotatable bonds is 6. The van der Waals surface area contributed by atoms with Gasteiger partial charge in [0.2, 0.25) is 11.8 Å². The highest BCUT2D eigenvalue weighted by Gasteiger charge is 2.21. The summed E-state index contributed by atoms with van der Waals surface area (Å²) in [5, 5.41) is 11.6. The zero-order chi connectivity index (χ0) is 17.6. The van der Waals surface area contributed by atoms with Gasteiger partial charge in [-0.25, -0.2) is 4.98 Å². The predicted molar refractivity (Wildman–Crippen MR) is 101 cm³/mol. The van der Waals surface area contributed by atoms with Crippen molar-refractivity contribution >= 4 is 39.6 Å². The first kappa shape index (κ1) is 18.0. The molecule has 1 unspecified atom stereocenters. The van der Waals surface area contributed by atoms with Gasteiger partial charge in [0.05, 0.1) is 12.5 Å². The largest absolute Gasteiger partial charge is 0.348 e. The molecule has 2 amide bonds. The number of aromatic nitrogens is 1. The van der Waals surface area contributed by atoms with Crippen LogP contribution < -0.4 is 16.0 Å². The molecule has 0 radical (unpaired) electrons. The number of piperidine rings is 1. The fourth-order valence-corrected chi connectivity index (χ4v) is 4.73. The third-order valence-corrected chi connectivity index (χ3v) is 6.23. The molecule has 1 atom stereocenters. The Hall–Kier alpha value is -1.77. The van der Waals surface area contributed by atoms with E-state index in [2.05, 4.69) is 20.9 Å². The molecule has 0 bridgehead atoms. The van der Waals surface area contributed by atoms with E-state index >= 15 is 0 Å². The topological polar surface area (TPSA) is 83.1 Å². The molecular formula is C17H22N4O2S2. The highest BCUT2D eigenvalue weighted by atomic mass is 32.1. The first-order chi connectivity index (χ1) is 12.1. The van der Waals surface area contributed by atoms with Crippen LogP contribution in [-0.2, 0) is 9.59 Å². The van der Waals surface area contributed by atoms with E-state index in [-0.39, 0.29) is 24.3 Å². The van der Waals surface area contributed by atoms with Crippen molar-refractivity contribution in [2.24, 2.45) is 0 Å². The maximum Gasteiger partial charge on any atom is 0.228 e. The van der Waals surface area contributed by atoms with E-state index in [0.717, 1.165) is 30.8 Å². The van der Waals surface area contributed by atoms with E-state index in [1.54, 1.807) is 11.3 Å². The monoisotopic (exact) mass is 378 g/mol. The smallest absolute Gasteiger partial charge is 0.228 e. The summed E-state index contributed by atoms with van der Waals surface area (Å²) in [6, 6.07) is 3.54. The van der Waals surface area contributed by atoms with Crippen LogP contribution in [0.1, 0.15) is 47.9 Å². The van der Waals surface area contributed by atoms with Gasteiger partial charge in [0, 0.05) is 22.9 Å². The van der Waals surface area contributed by atoms with Gasteiger partial charge >= 0.3 is 0 Å². The first-order valence-electron chi connectivity index (χ1n) is 8.38. The van der Waals surface area contributed by atoms with Gasteiger partial charge in [0.1, 0.15) is 0 Å². The van der Waals surface area contributed by atoms with Crippen molar-refractivity contribution in [1.29, 1.82) is 0 Å². The van der Waals surface area contributed by atoms with E-state index < -0.39 is 0 Å². The summed E-state index contributed by atoms with van der Waals surface area (Å²) < 4.78 is 0. The summed E-state index contributed by atoms with van der Waals surface area (Å²) >= 11 is 3.08. The summed E-state index contributed by atoms with van der Waals surface area (Å²) in [6.07, 6.45) is 4.29. The molecule has 0 saturated carbocycles. The van der Waals surface area contributed by atoms with Gasteiger partial charge in [-0.05, 0) is 43.3 Å². The standard InChI is InChI=1S/C17H22N4O2S2/c1-11(22)20-13(14-3-2-8-24-14)9-16(23)21-17-19-10-15(25-17)12-4-6-18-7-5-12/h2-3,8,10,12-13,18H,4-7,9H2,1H3,(H,20,22)(H,19,21,23). The number of thiazole rings is 1. The summed E-state index contributed by atoms with van der Waals surface area (Å²) in [5.74, 6) is 0.245. The third kappa shape index (κ3) is 5.10. The van der Waals surface area contributed by atoms with Crippen LogP contribution in [0, 0.1) is 0 Å². The van der Waals surface area contributed by atoms with E-state index in [9.17, 15) is 9.59 Å². The molecular weight excluding hydrogens is 356 g/mol. The molecule has 8 heteroatoms. The highest BCUT2D eigenvalue weighted by Crippen LogP contribution is 2.32. The van der Waals surface area contributed by atoms with Crippen molar-refractivity contribution in [2.45, 2.75) is 38.1 Å². The molecule has 1 aliphatic rings. The molecule has 1 saturated heterocycles. The maximum absolute atomic E-state index is 12.4. The SMILES string of the molecule is CC(=O)NC(CC(=O)Nc1ncc(C2CCNCC2)s1)c1cccs1. The Bertz CT molecular complexity index is 708. The van der Waals surface area contributed by atoms with Crippen molar-refractivity contribution in [3.05, 3.63) is 33.5 Å². The van der Waals surface area contributed by atoms with Crippen molar-refractivity contribution in [3.63, 3.8) is 0 Å². The molecule has 0 aromatic carbocycles. The van der Waals surface area contributed by atoms with Gasteiger partial charge in [0.15, 0.2) is 5.13 Å². The van der Waals surface area contributed by atoms with Crippen LogP contribution in [0.2, 0.25) is 0 Å². The molecule has 25 heavy (non-hydrogen) atoms. The quantitative estimate of drug-likeness (QED) is 0.722. The molecule has 1 fully saturated rings. The summed E-state index contributed by atoms with van der Waals surface area (Å²) in [5.41, 5.74) is 0. The lowest BCUT2D eigenvalue weighted by molar-refractivity contribution is -0.120. The minimum atomic E-state index is -0.304. The van der Waals surface area contributed by atoms with Gasteiger partial charge in [0.25, 0.3) is 0 Å². The fourth-order valence-electron chi connectivity index (χ4n) is 2.95. The molecule has 134 valence electrons. The molecule has 3 rings (SSSR count). The number of nitrogens with one attached hydrogen (secondary N) is 3. The predicted octanol–water partition coefficient (Wildman–Crippen LogP) is 2.88. The Labute approximate surface area is 155 Å². The van der Waals surface area contributed by atoms with Crippen molar-refractivity contribution in [1.82, 2.24) is 15.6 Å². The Morgan fingerprint density at radius 3 is 2.88 bits per heavy atom. The molecule has 1 aliphatic heterocycles. The van der Waals surface area contributed by atoms with Gasteiger partial charge in [-0.2, -0.15) is 0 Å². The number of anilines is 1. The Morgan fingerprint density at radius 1 is 1.40 bits per heavy atom. The second kappa shape index (κ2) is 8.55. The van der Waals surface area contributed by atoms with Crippen LogP contribution in [0.4, 0.5) is 5.13 Å². The van der Waals surface area contributed by atoms with E-state index in [4.69, 9.17) is 0 Å². The lowest BCUT2D eigenvalue weighted by Gasteiger charge is -2.20. The Morgan fingerprint density at radius 2 is 2.20 bits per heavy atom. The second-order valence-corrected chi connectivity index (χ2v) is 8.15. The maximum atomic E-state index is 12.4. The van der Waals surface area contributed by atoms with Gasteiger partial charge < -0.3 is 16.0 Å². The van der Waals surface area contributed by atoms with E-state index in [1.807, 2.05) is 23.7 Å². The molecule has 0 spiro atoms. The number of thiophene rings is 1. The minimum absolute atomic E-state index is 0.140. The van der Waals surface area contributed by atoms with Crippen molar-refractivity contribution < 1.29 is 9.59 Å². The fraction of sp³-hybridized carbons (Fsp3) is 0.471. The van der Waals surface area contributed by atoms with Crippen molar-refractivity contribution in [3.8, 4) is 0 Å². The number of carbonyl (C=O) groups excluding carboxylic acids is 2. The zero-order valence-electron chi connectivity index (χ0n) is 14.1. The third-order valence-electron chi connectivity index (χ3n) is 4.17. The number of hydrogen-bond donors (Lipinski definition) is 3. The zero-order valence-corrected chi connectivity index (χ0v) is 15.7.